The van der Waals surface area contributed by atoms with E-state index in [1.165, 1.54) is 6.42 Å². The molecule has 0 radical (unpaired) electrons. The first-order chi connectivity index (χ1) is 13.3. The number of esters is 2. The van der Waals surface area contributed by atoms with E-state index in [9.17, 15) is 9.59 Å². The Hall–Kier alpha value is -2.38. The molecule has 0 atom stereocenters. The van der Waals surface area contributed by atoms with Gasteiger partial charge in [-0.25, -0.2) is 9.48 Å². The number of aromatic nitrogens is 2. The minimum atomic E-state index is -0.557. The molecule has 0 amide bonds. The molecule has 0 bridgehead atoms. The lowest BCUT2D eigenvalue weighted by Crippen LogP contribution is -2.31. The second kappa shape index (κ2) is 9.71. The molecule has 1 aromatic rings. The van der Waals surface area contributed by atoms with Gasteiger partial charge in [0.05, 0.1) is 37.4 Å². The monoisotopic (exact) mass is 392 g/mol. The van der Waals surface area contributed by atoms with E-state index >= 15 is 0 Å². The molecule has 2 rings (SSSR count). The van der Waals surface area contributed by atoms with Crippen LogP contribution in [0.3, 0.4) is 0 Å². The molecule has 1 heterocycles. The van der Waals surface area contributed by atoms with Crippen LogP contribution in [-0.2, 0) is 24.6 Å². The van der Waals surface area contributed by atoms with Gasteiger partial charge < -0.3 is 14.8 Å². The minimum Gasteiger partial charge on any atom is -0.466 e. The zero-order valence-corrected chi connectivity index (χ0v) is 17.6. The molecule has 1 aliphatic rings. The van der Waals surface area contributed by atoms with E-state index in [2.05, 4.69) is 31.1 Å². The maximum atomic E-state index is 12.4. The molecule has 0 aromatic carbocycles. The van der Waals surface area contributed by atoms with Crippen LogP contribution in [0.4, 0.5) is 5.82 Å². The van der Waals surface area contributed by atoms with Gasteiger partial charge in [0.25, 0.3) is 0 Å². The molecule has 156 valence electrons. The van der Waals surface area contributed by atoms with E-state index in [1.807, 2.05) is 10.7 Å². The van der Waals surface area contributed by atoms with Gasteiger partial charge in [-0.2, -0.15) is 5.10 Å². The fourth-order valence-electron chi connectivity index (χ4n) is 2.87. The first-order valence-electron chi connectivity index (χ1n) is 10.0. The molecule has 1 fully saturated rings. The van der Waals surface area contributed by atoms with E-state index in [0.717, 1.165) is 18.5 Å². The molecule has 28 heavy (non-hydrogen) atoms. The van der Waals surface area contributed by atoms with Crippen LogP contribution in [0.1, 0.15) is 71.9 Å². The summed E-state index contributed by atoms with van der Waals surface area (Å²) in [6.07, 6.45) is 3.60. The third kappa shape index (κ3) is 5.81. The molecule has 8 nitrogen and oxygen atoms in total. The van der Waals surface area contributed by atoms with Crippen molar-refractivity contribution < 1.29 is 19.1 Å². The van der Waals surface area contributed by atoms with Crippen LogP contribution in [0.15, 0.2) is 11.1 Å². The van der Waals surface area contributed by atoms with Gasteiger partial charge in [-0.05, 0) is 47.5 Å². The van der Waals surface area contributed by atoms with E-state index in [4.69, 9.17) is 14.6 Å². The highest BCUT2D eigenvalue weighted by Crippen LogP contribution is 2.37. The average Bonchev–Trinajstić information content (AvgIpc) is 2.96. The van der Waals surface area contributed by atoms with Crippen molar-refractivity contribution >= 4 is 23.6 Å². The summed E-state index contributed by atoms with van der Waals surface area (Å²) in [5.74, 6) is 0.324. The number of carbonyl (C=O) groups excluding carboxylic acids is 2. The Balaban J connectivity index is 2.23. The van der Waals surface area contributed by atoms with E-state index in [-0.39, 0.29) is 36.9 Å². The van der Waals surface area contributed by atoms with Gasteiger partial charge in [0.15, 0.2) is 0 Å². The Morgan fingerprint density at radius 3 is 2.46 bits per heavy atom. The second-order valence-corrected chi connectivity index (χ2v) is 7.80. The number of anilines is 1. The maximum absolute atomic E-state index is 12.4. The number of hydrogen-bond donors (Lipinski definition) is 1. The van der Waals surface area contributed by atoms with Crippen molar-refractivity contribution in [3.63, 3.8) is 0 Å². The number of hydrogen-bond acceptors (Lipinski definition) is 6. The van der Waals surface area contributed by atoms with Gasteiger partial charge in [-0.3, -0.25) is 9.79 Å². The summed E-state index contributed by atoms with van der Waals surface area (Å²) in [5.41, 5.74) is 0.757. The van der Waals surface area contributed by atoms with Gasteiger partial charge >= 0.3 is 11.9 Å². The van der Waals surface area contributed by atoms with Crippen LogP contribution in [0.2, 0.25) is 0 Å². The number of aliphatic imine (C=N–C) groups is 1. The molecule has 1 N–H and O–H groups in total. The zero-order valence-electron chi connectivity index (χ0n) is 17.6. The highest BCUT2D eigenvalue weighted by Gasteiger charge is 2.28. The topological polar surface area (TPSA) is 94.8 Å². The largest absolute Gasteiger partial charge is 0.466 e. The molecular weight excluding hydrogens is 360 g/mol. The van der Waals surface area contributed by atoms with Crippen molar-refractivity contribution in [1.29, 1.82) is 0 Å². The minimum absolute atomic E-state index is 0.0664. The zero-order chi connectivity index (χ0) is 20.7. The van der Waals surface area contributed by atoms with Gasteiger partial charge in [0.1, 0.15) is 5.82 Å². The van der Waals surface area contributed by atoms with Crippen LogP contribution in [-0.4, -0.2) is 47.3 Å². The fraction of sp³-hybridized carbons (Fsp3) is 0.700. The Bertz CT molecular complexity index is 714. The fourth-order valence-corrected chi connectivity index (χ4v) is 2.87. The molecular formula is C20H32N4O4. The van der Waals surface area contributed by atoms with Crippen LogP contribution in [0.25, 0.3) is 0 Å². The van der Waals surface area contributed by atoms with Crippen molar-refractivity contribution in [1.82, 2.24) is 9.78 Å². The van der Waals surface area contributed by atoms with Gasteiger partial charge in [0.2, 0.25) is 5.84 Å². The standard InChI is InChI=1S/C20H32N4O4/c1-6-27-17(25)11-12-21-18(19(26)28-7-2)22-16-13-15(14-9-8-10-14)23-24(16)20(3,4)5/h13-14H,6-12H2,1-5H3,(H,21,22). The normalized spacial score (nSPS) is 15.1. The summed E-state index contributed by atoms with van der Waals surface area (Å²) in [4.78, 5) is 28.2. The summed E-state index contributed by atoms with van der Waals surface area (Å²) in [7, 11) is 0. The Kier molecular flexibility index (Phi) is 7.60. The molecule has 1 aliphatic carbocycles. The lowest BCUT2D eigenvalue weighted by atomic mass is 9.83. The van der Waals surface area contributed by atoms with Crippen LogP contribution < -0.4 is 5.32 Å². The third-order valence-corrected chi connectivity index (χ3v) is 4.49. The van der Waals surface area contributed by atoms with Crippen LogP contribution >= 0.6 is 0 Å². The summed E-state index contributed by atoms with van der Waals surface area (Å²) in [6, 6.07) is 1.98. The second-order valence-electron chi connectivity index (χ2n) is 7.80. The average molecular weight is 393 g/mol. The number of rotatable bonds is 7. The van der Waals surface area contributed by atoms with E-state index < -0.39 is 5.97 Å². The first-order valence-corrected chi connectivity index (χ1v) is 10.0. The quantitative estimate of drug-likeness (QED) is 0.435. The molecule has 0 saturated heterocycles. The Labute approximate surface area is 166 Å². The van der Waals surface area contributed by atoms with Crippen LogP contribution in [0.5, 0.6) is 0 Å². The third-order valence-electron chi connectivity index (χ3n) is 4.49. The number of nitrogens with zero attached hydrogens (tertiary/aromatic N) is 3. The number of nitrogens with one attached hydrogen (secondary N) is 1. The molecule has 8 heteroatoms. The summed E-state index contributed by atoms with van der Waals surface area (Å²) < 4.78 is 11.9. The maximum Gasteiger partial charge on any atom is 0.374 e. The van der Waals surface area contributed by atoms with E-state index in [0.29, 0.717) is 18.3 Å². The Morgan fingerprint density at radius 1 is 1.25 bits per heavy atom. The van der Waals surface area contributed by atoms with Crippen molar-refractivity contribution in [3.05, 3.63) is 11.8 Å². The number of carbonyl (C=O) groups is 2. The van der Waals surface area contributed by atoms with Crippen molar-refractivity contribution in [2.75, 3.05) is 25.1 Å². The predicted octanol–water partition coefficient (Wildman–Crippen LogP) is 3.23. The SMILES string of the molecule is CCOC(=O)CCN=C(Nc1cc(C2CCC2)nn1C(C)(C)C)C(=O)OCC. The molecule has 0 unspecified atom stereocenters. The number of ether oxygens (including phenoxy) is 2. The highest BCUT2D eigenvalue weighted by molar-refractivity contribution is 6.40. The van der Waals surface area contributed by atoms with Gasteiger partial charge in [-0.15, -0.1) is 0 Å². The predicted molar refractivity (Wildman–Crippen MR) is 108 cm³/mol. The summed E-state index contributed by atoms with van der Waals surface area (Å²) in [6.45, 7) is 10.3. The van der Waals surface area contributed by atoms with Gasteiger partial charge in [-0.1, -0.05) is 6.42 Å². The van der Waals surface area contributed by atoms with Crippen molar-refractivity contribution in [3.8, 4) is 0 Å². The summed E-state index contributed by atoms with van der Waals surface area (Å²) in [5, 5.41) is 7.86. The molecule has 1 saturated carbocycles. The Morgan fingerprint density at radius 2 is 1.93 bits per heavy atom. The summed E-state index contributed by atoms with van der Waals surface area (Å²) >= 11 is 0. The van der Waals surface area contributed by atoms with Crippen molar-refractivity contribution in [2.45, 2.75) is 71.8 Å². The number of amidine groups is 1. The lowest BCUT2D eigenvalue weighted by molar-refractivity contribution is -0.143. The van der Waals surface area contributed by atoms with Crippen LogP contribution in [0, 0.1) is 0 Å². The molecule has 1 aromatic heterocycles. The van der Waals surface area contributed by atoms with Gasteiger partial charge in [0, 0.05) is 12.0 Å². The highest BCUT2D eigenvalue weighted by atomic mass is 16.5. The molecule has 0 spiro atoms. The van der Waals surface area contributed by atoms with Crippen molar-refractivity contribution in [2.24, 2.45) is 4.99 Å². The lowest BCUT2D eigenvalue weighted by Gasteiger charge is -2.24. The van der Waals surface area contributed by atoms with E-state index in [1.54, 1.807) is 13.8 Å². The molecule has 0 aliphatic heterocycles. The smallest absolute Gasteiger partial charge is 0.374 e. The first kappa shape index (κ1) is 21.9.